The number of aliphatic carboxylic acids is 1. The molecule has 1 amide bonds. The summed E-state index contributed by atoms with van der Waals surface area (Å²) in [5.41, 5.74) is 1.18. The van der Waals surface area contributed by atoms with Crippen molar-refractivity contribution in [2.75, 3.05) is 19.6 Å². The minimum absolute atomic E-state index is 0.0511. The van der Waals surface area contributed by atoms with Gasteiger partial charge in [0.25, 0.3) is 0 Å². The number of nitrogens with one attached hydrogen (secondary N) is 1. The molecular formula is C16H24N2O3. The average molecular weight is 292 g/mol. The molecule has 0 fully saturated rings. The summed E-state index contributed by atoms with van der Waals surface area (Å²) in [5.74, 6) is -0.907. The van der Waals surface area contributed by atoms with Crippen LogP contribution < -0.4 is 5.32 Å². The fourth-order valence-corrected chi connectivity index (χ4v) is 1.99. The van der Waals surface area contributed by atoms with Crippen LogP contribution in [0.25, 0.3) is 0 Å². The highest BCUT2D eigenvalue weighted by Crippen LogP contribution is 2.00. The topological polar surface area (TPSA) is 69.6 Å². The maximum absolute atomic E-state index is 11.9. The Morgan fingerprint density at radius 3 is 2.48 bits per heavy atom. The smallest absolute Gasteiger partial charge is 0.304 e. The highest BCUT2D eigenvalue weighted by molar-refractivity contribution is 5.78. The number of rotatable bonds is 9. The van der Waals surface area contributed by atoms with Crippen LogP contribution in [0, 0.1) is 0 Å². The summed E-state index contributed by atoms with van der Waals surface area (Å²) >= 11 is 0. The molecule has 5 heteroatoms. The number of nitrogens with zero attached hydrogens (tertiary/aromatic N) is 1. The second-order valence-corrected chi connectivity index (χ2v) is 5.29. The summed E-state index contributed by atoms with van der Waals surface area (Å²) in [5, 5.41) is 11.6. The molecule has 1 aromatic carbocycles. The Labute approximate surface area is 126 Å². The van der Waals surface area contributed by atoms with Gasteiger partial charge in [-0.25, -0.2) is 0 Å². The van der Waals surface area contributed by atoms with E-state index in [1.54, 1.807) is 0 Å². The predicted molar refractivity (Wildman–Crippen MR) is 82.1 cm³/mol. The zero-order valence-electron chi connectivity index (χ0n) is 12.7. The quantitative estimate of drug-likeness (QED) is 0.724. The monoisotopic (exact) mass is 292 g/mol. The van der Waals surface area contributed by atoms with Gasteiger partial charge in [0.1, 0.15) is 0 Å². The molecule has 5 nitrogen and oxygen atoms in total. The van der Waals surface area contributed by atoms with Crippen molar-refractivity contribution in [2.24, 2.45) is 0 Å². The Bertz CT molecular complexity index is 446. The van der Waals surface area contributed by atoms with Gasteiger partial charge in [-0.1, -0.05) is 30.3 Å². The van der Waals surface area contributed by atoms with E-state index in [2.05, 4.69) is 5.32 Å². The summed E-state index contributed by atoms with van der Waals surface area (Å²) in [7, 11) is 0. The Balaban J connectivity index is 2.31. The molecule has 0 spiro atoms. The van der Waals surface area contributed by atoms with Crippen LogP contribution in [0.15, 0.2) is 30.3 Å². The van der Waals surface area contributed by atoms with Crippen LogP contribution in [-0.2, 0) is 16.0 Å². The number of hydrogen-bond acceptors (Lipinski definition) is 3. The van der Waals surface area contributed by atoms with Crippen LogP contribution >= 0.6 is 0 Å². The highest BCUT2D eigenvalue weighted by Gasteiger charge is 2.14. The Hall–Kier alpha value is -1.88. The molecule has 0 unspecified atom stereocenters. The van der Waals surface area contributed by atoms with E-state index in [0.29, 0.717) is 13.1 Å². The molecule has 0 aliphatic carbocycles. The largest absolute Gasteiger partial charge is 0.481 e. The van der Waals surface area contributed by atoms with Crippen LogP contribution in [0.1, 0.15) is 25.8 Å². The number of hydrogen-bond donors (Lipinski definition) is 2. The molecule has 0 atom stereocenters. The van der Waals surface area contributed by atoms with Gasteiger partial charge in [0.05, 0.1) is 13.0 Å². The van der Waals surface area contributed by atoms with Crippen LogP contribution in [0.3, 0.4) is 0 Å². The van der Waals surface area contributed by atoms with Gasteiger partial charge < -0.3 is 10.4 Å². The van der Waals surface area contributed by atoms with Crippen molar-refractivity contribution in [3.8, 4) is 0 Å². The van der Waals surface area contributed by atoms with E-state index in [4.69, 9.17) is 5.11 Å². The lowest BCUT2D eigenvalue weighted by Crippen LogP contribution is -2.42. The molecule has 21 heavy (non-hydrogen) atoms. The third kappa shape index (κ3) is 7.46. The Kier molecular flexibility index (Phi) is 7.46. The summed E-state index contributed by atoms with van der Waals surface area (Å²) < 4.78 is 0. The van der Waals surface area contributed by atoms with Gasteiger partial charge >= 0.3 is 5.97 Å². The highest BCUT2D eigenvalue weighted by atomic mass is 16.4. The molecule has 116 valence electrons. The van der Waals surface area contributed by atoms with E-state index in [-0.39, 0.29) is 24.9 Å². The van der Waals surface area contributed by atoms with Gasteiger partial charge in [-0.2, -0.15) is 0 Å². The van der Waals surface area contributed by atoms with Crippen molar-refractivity contribution in [1.29, 1.82) is 0 Å². The lowest BCUT2D eigenvalue weighted by Gasteiger charge is -2.25. The van der Waals surface area contributed by atoms with Crippen molar-refractivity contribution in [3.63, 3.8) is 0 Å². The molecule has 0 aliphatic rings. The van der Waals surface area contributed by atoms with E-state index in [9.17, 15) is 9.59 Å². The zero-order valence-corrected chi connectivity index (χ0v) is 12.7. The molecular weight excluding hydrogens is 268 g/mol. The minimum Gasteiger partial charge on any atom is -0.481 e. The van der Waals surface area contributed by atoms with Crippen LogP contribution in [0.5, 0.6) is 0 Å². The van der Waals surface area contributed by atoms with Gasteiger partial charge in [-0.3, -0.25) is 14.5 Å². The van der Waals surface area contributed by atoms with Crippen molar-refractivity contribution in [1.82, 2.24) is 10.2 Å². The van der Waals surface area contributed by atoms with Gasteiger partial charge in [0.15, 0.2) is 0 Å². The fourth-order valence-electron chi connectivity index (χ4n) is 1.99. The lowest BCUT2D eigenvalue weighted by atomic mass is 10.1. The van der Waals surface area contributed by atoms with E-state index >= 15 is 0 Å². The van der Waals surface area contributed by atoms with Crippen molar-refractivity contribution >= 4 is 11.9 Å². The van der Waals surface area contributed by atoms with Crippen molar-refractivity contribution < 1.29 is 14.7 Å². The molecule has 0 radical (unpaired) electrons. The first-order chi connectivity index (χ1) is 9.99. The SMILES string of the molecule is CC(C)N(CCC(=O)O)CC(=O)NCCc1ccccc1. The second kappa shape index (κ2) is 9.13. The van der Waals surface area contributed by atoms with Crippen LogP contribution in [-0.4, -0.2) is 47.6 Å². The van der Waals surface area contributed by atoms with Gasteiger partial charge in [-0.15, -0.1) is 0 Å². The second-order valence-electron chi connectivity index (χ2n) is 5.29. The first-order valence-corrected chi connectivity index (χ1v) is 7.25. The first-order valence-electron chi connectivity index (χ1n) is 7.25. The first kappa shape index (κ1) is 17.2. The standard InChI is InChI=1S/C16H24N2O3/c1-13(2)18(11-9-16(20)21)12-15(19)17-10-8-14-6-4-3-5-7-14/h3-7,13H,8-12H2,1-2H3,(H,17,19)(H,20,21). The molecule has 0 saturated carbocycles. The number of amides is 1. The summed E-state index contributed by atoms with van der Waals surface area (Å²) in [6.45, 7) is 5.13. The lowest BCUT2D eigenvalue weighted by molar-refractivity contribution is -0.138. The number of carbonyl (C=O) groups is 2. The van der Waals surface area contributed by atoms with Crippen LogP contribution in [0.4, 0.5) is 0 Å². The molecule has 2 N–H and O–H groups in total. The number of carboxylic acid groups (broad SMARTS) is 1. The molecule has 0 saturated heterocycles. The Morgan fingerprint density at radius 1 is 1.24 bits per heavy atom. The van der Waals surface area contributed by atoms with Crippen LogP contribution in [0.2, 0.25) is 0 Å². The van der Waals surface area contributed by atoms with E-state index in [1.165, 1.54) is 5.56 Å². The van der Waals surface area contributed by atoms with E-state index in [1.807, 2.05) is 49.1 Å². The average Bonchev–Trinajstić information content (AvgIpc) is 2.44. The van der Waals surface area contributed by atoms with Gasteiger partial charge in [-0.05, 0) is 25.8 Å². The Morgan fingerprint density at radius 2 is 1.90 bits per heavy atom. The summed E-state index contributed by atoms with van der Waals surface area (Å²) in [4.78, 5) is 24.4. The maximum Gasteiger partial charge on any atom is 0.304 e. The van der Waals surface area contributed by atoms with Gasteiger partial charge in [0, 0.05) is 19.1 Å². The molecule has 1 aromatic rings. The van der Waals surface area contributed by atoms with Gasteiger partial charge in [0.2, 0.25) is 5.91 Å². The number of carbonyl (C=O) groups excluding carboxylic acids is 1. The zero-order chi connectivity index (χ0) is 15.7. The molecule has 0 bridgehead atoms. The normalized spacial score (nSPS) is 10.9. The maximum atomic E-state index is 11.9. The predicted octanol–water partition coefficient (Wildman–Crippen LogP) is 1.53. The molecule has 0 aliphatic heterocycles. The fraction of sp³-hybridized carbons (Fsp3) is 0.500. The third-order valence-corrected chi connectivity index (χ3v) is 3.27. The minimum atomic E-state index is -0.842. The van der Waals surface area contributed by atoms with Crippen molar-refractivity contribution in [3.05, 3.63) is 35.9 Å². The molecule has 0 heterocycles. The summed E-state index contributed by atoms with van der Waals surface area (Å²) in [6.07, 6.45) is 0.846. The van der Waals surface area contributed by atoms with Crippen molar-refractivity contribution in [2.45, 2.75) is 32.7 Å². The van der Waals surface area contributed by atoms with E-state index in [0.717, 1.165) is 6.42 Å². The van der Waals surface area contributed by atoms with E-state index < -0.39 is 5.97 Å². The molecule has 0 aromatic heterocycles. The number of benzene rings is 1. The molecule has 1 rings (SSSR count). The third-order valence-electron chi connectivity index (χ3n) is 3.27. The summed E-state index contributed by atoms with van der Waals surface area (Å²) in [6, 6.07) is 10.1. The number of carboxylic acids is 1.